The van der Waals surface area contributed by atoms with Crippen LogP contribution >= 0.6 is 11.9 Å². The van der Waals surface area contributed by atoms with Crippen LogP contribution in [0.4, 0.5) is 34.0 Å². The first-order valence-electron chi connectivity index (χ1n) is 9.92. The Morgan fingerprint density at radius 1 is 1.31 bits per heavy atom. The van der Waals surface area contributed by atoms with E-state index in [9.17, 15) is 22.4 Å². The second kappa shape index (κ2) is 10.3. The highest BCUT2D eigenvalue weighted by molar-refractivity contribution is 7.97. The molecule has 1 aliphatic rings. The molecule has 3 unspecified atom stereocenters. The predicted octanol–water partition coefficient (Wildman–Crippen LogP) is 5.03. The number of hydrogen-bond donors (Lipinski definition) is 3. The number of alkyl carbamates (subject to hydrolysis) is 1. The fourth-order valence-electron chi connectivity index (χ4n) is 3.54. The molecule has 1 heterocycles. The molecule has 1 aromatic heterocycles. The molecule has 0 bridgehead atoms. The van der Waals surface area contributed by atoms with Gasteiger partial charge in [0, 0.05) is 23.3 Å². The van der Waals surface area contributed by atoms with Gasteiger partial charge in [-0.1, -0.05) is 0 Å². The maximum absolute atomic E-state index is 14.1. The molecule has 174 valence electrons. The van der Waals surface area contributed by atoms with Gasteiger partial charge in [-0.3, -0.25) is 5.14 Å². The Labute approximate surface area is 186 Å². The third-order valence-electron chi connectivity index (χ3n) is 5.03. The van der Waals surface area contributed by atoms with Gasteiger partial charge >= 0.3 is 12.3 Å². The zero-order chi connectivity index (χ0) is 23.3. The normalized spacial score (nSPS) is 19.4. The van der Waals surface area contributed by atoms with Crippen LogP contribution in [-0.4, -0.2) is 34.4 Å². The number of carbonyl (C=O) groups is 1. The fourth-order valence-corrected chi connectivity index (χ4v) is 3.86. The summed E-state index contributed by atoms with van der Waals surface area (Å²) in [5.41, 5.74) is 1.05. The largest absolute Gasteiger partial charge is 0.446 e. The highest BCUT2D eigenvalue weighted by Crippen LogP contribution is 2.36. The summed E-state index contributed by atoms with van der Waals surface area (Å²) in [6, 6.07) is 3.45. The molecule has 7 nitrogen and oxygen atoms in total. The van der Waals surface area contributed by atoms with Crippen LogP contribution in [0.15, 0.2) is 35.5 Å². The average Bonchev–Trinajstić information content (AvgIpc) is 3.16. The van der Waals surface area contributed by atoms with E-state index in [0.29, 0.717) is 17.7 Å². The predicted molar refractivity (Wildman–Crippen MR) is 112 cm³/mol. The second-order valence-corrected chi connectivity index (χ2v) is 8.33. The molecule has 0 aliphatic heterocycles. The van der Waals surface area contributed by atoms with Crippen molar-refractivity contribution in [2.45, 2.75) is 61.7 Å². The highest BCUT2D eigenvalue weighted by Gasteiger charge is 2.32. The van der Waals surface area contributed by atoms with Crippen LogP contribution in [-0.2, 0) is 4.74 Å². The SMILES string of the molecule is CC(CC(F)(F)F)NC(=O)OC1CCC(c2cnc(Nc3ccc(SN)cc3F)nc2)C1. The van der Waals surface area contributed by atoms with Crippen molar-refractivity contribution in [3.05, 3.63) is 42.0 Å². The Hall–Kier alpha value is -2.60. The molecular formula is C20H23F4N5O2S. The Bertz CT molecular complexity index is 929. The first-order chi connectivity index (χ1) is 15.1. The van der Waals surface area contributed by atoms with Crippen LogP contribution in [0.25, 0.3) is 0 Å². The molecule has 1 aliphatic carbocycles. The fraction of sp³-hybridized carbons (Fsp3) is 0.450. The van der Waals surface area contributed by atoms with Crippen molar-refractivity contribution in [2.24, 2.45) is 5.14 Å². The Balaban J connectivity index is 1.50. The zero-order valence-corrected chi connectivity index (χ0v) is 18.0. The van der Waals surface area contributed by atoms with Gasteiger partial charge in [-0.15, -0.1) is 0 Å². The van der Waals surface area contributed by atoms with Crippen molar-refractivity contribution in [1.29, 1.82) is 0 Å². The van der Waals surface area contributed by atoms with Crippen LogP contribution in [0, 0.1) is 5.82 Å². The van der Waals surface area contributed by atoms with Crippen molar-refractivity contribution in [2.75, 3.05) is 5.32 Å². The Morgan fingerprint density at radius 3 is 2.66 bits per heavy atom. The molecule has 2 aromatic rings. The average molecular weight is 473 g/mol. The monoisotopic (exact) mass is 473 g/mol. The smallest absolute Gasteiger partial charge is 0.407 e. The number of alkyl halides is 3. The summed E-state index contributed by atoms with van der Waals surface area (Å²) < 4.78 is 56.4. The minimum Gasteiger partial charge on any atom is -0.446 e. The first-order valence-corrected chi connectivity index (χ1v) is 10.8. The zero-order valence-electron chi connectivity index (χ0n) is 17.2. The number of nitrogens with one attached hydrogen (secondary N) is 2. The number of halogens is 4. The first kappa shape index (κ1) is 24.1. The molecule has 1 amide bonds. The summed E-state index contributed by atoms with van der Waals surface area (Å²) in [6.07, 6.45) is -1.66. The number of amides is 1. The van der Waals surface area contributed by atoms with E-state index in [2.05, 4.69) is 20.6 Å². The van der Waals surface area contributed by atoms with Crippen LogP contribution in [0.3, 0.4) is 0 Å². The number of carbonyl (C=O) groups excluding carboxylic acids is 1. The molecule has 3 atom stereocenters. The van der Waals surface area contributed by atoms with E-state index in [-0.39, 0.29) is 17.6 Å². The van der Waals surface area contributed by atoms with E-state index in [1.165, 1.54) is 13.0 Å². The molecule has 1 aromatic carbocycles. The van der Waals surface area contributed by atoms with Crippen LogP contribution in [0.1, 0.15) is 44.1 Å². The molecule has 12 heteroatoms. The topological polar surface area (TPSA) is 102 Å². The summed E-state index contributed by atoms with van der Waals surface area (Å²) in [5, 5.41) is 10.4. The minimum atomic E-state index is -4.36. The number of hydrogen-bond acceptors (Lipinski definition) is 7. The van der Waals surface area contributed by atoms with Gasteiger partial charge in [-0.05, 0) is 67.8 Å². The Kier molecular flexibility index (Phi) is 7.77. The molecule has 4 N–H and O–H groups in total. The maximum atomic E-state index is 14.1. The number of aromatic nitrogens is 2. The Morgan fingerprint density at radius 2 is 2.03 bits per heavy atom. The number of nitrogens with zero attached hydrogens (tertiary/aromatic N) is 2. The second-order valence-electron chi connectivity index (χ2n) is 7.63. The van der Waals surface area contributed by atoms with Crippen molar-refractivity contribution >= 4 is 29.7 Å². The number of rotatable bonds is 7. The quantitative estimate of drug-likeness (QED) is 0.383. The summed E-state index contributed by atoms with van der Waals surface area (Å²) in [4.78, 5) is 20.9. The van der Waals surface area contributed by atoms with Crippen LogP contribution in [0.2, 0.25) is 0 Å². The number of ether oxygens (including phenoxy) is 1. The molecule has 1 saturated carbocycles. The molecule has 0 saturated heterocycles. The third kappa shape index (κ3) is 6.95. The number of anilines is 2. The van der Waals surface area contributed by atoms with Gasteiger partial charge < -0.3 is 15.4 Å². The number of nitrogens with two attached hydrogens (primary N) is 1. The summed E-state index contributed by atoms with van der Waals surface area (Å²) in [5.74, 6) is -0.205. The van der Waals surface area contributed by atoms with E-state index >= 15 is 0 Å². The lowest BCUT2D eigenvalue weighted by molar-refractivity contribution is -0.138. The lowest BCUT2D eigenvalue weighted by Gasteiger charge is -2.18. The molecule has 3 rings (SSSR count). The van der Waals surface area contributed by atoms with Gasteiger partial charge in [-0.2, -0.15) is 13.2 Å². The molecule has 0 radical (unpaired) electrons. The summed E-state index contributed by atoms with van der Waals surface area (Å²) >= 11 is 0.943. The van der Waals surface area contributed by atoms with Gasteiger partial charge in [0.2, 0.25) is 5.95 Å². The van der Waals surface area contributed by atoms with Gasteiger partial charge in [0.25, 0.3) is 0 Å². The molecular weight excluding hydrogens is 450 g/mol. The van der Waals surface area contributed by atoms with Crippen molar-refractivity contribution in [3.63, 3.8) is 0 Å². The van der Waals surface area contributed by atoms with E-state index in [4.69, 9.17) is 9.88 Å². The summed E-state index contributed by atoms with van der Waals surface area (Å²) in [7, 11) is 0. The minimum absolute atomic E-state index is 0.0482. The molecule has 0 spiro atoms. The number of benzene rings is 1. The van der Waals surface area contributed by atoms with Gasteiger partial charge in [0.15, 0.2) is 0 Å². The van der Waals surface area contributed by atoms with Crippen LogP contribution in [0.5, 0.6) is 0 Å². The lowest BCUT2D eigenvalue weighted by atomic mass is 10.0. The standard InChI is InChI=1S/C20H23F4N5O2S/c1-11(8-20(22,23)24)28-19(30)31-14-3-2-12(6-14)13-9-26-18(27-10-13)29-17-5-4-15(32-25)7-16(17)21/h4-5,7,9-12,14H,2-3,6,8,25H2,1H3,(H,28,30)(H,26,27,29). The van der Waals surface area contributed by atoms with Gasteiger partial charge in [0.1, 0.15) is 11.9 Å². The van der Waals surface area contributed by atoms with Crippen molar-refractivity contribution < 1.29 is 27.1 Å². The van der Waals surface area contributed by atoms with Crippen molar-refractivity contribution in [3.8, 4) is 0 Å². The van der Waals surface area contributed by atoms with E-state index in [0.717, 1.165) is 23.9 Å². The third-order valence-corrected chi connectivity index (χ3v) is 5.55. The van der Waals surface area contributed by atoms with Crippen molar-refractivity contribution in [1.82, 2.24) is 15.3 Å². The maximum Gasteiger partial charge on any atom is 0.407 e. The molecule has 1 fully saturated rings. The summed E-state index contributed by atoms with van der Waals surface area (Å²) in [6.45, 7) is 1.27. The van der Waals surface area contributed by atoms with E-state index in [1.54, 1.807) is 24.5 Å². The van der Waals surface area contributed by atoms with Crippen LogP contribution < -0.4 is 15.8 Å². The highest BCUT2D eigenvalue weighted by atomic mass is 32.2. The lowest BCUT2D eigenvalue weighted by Crippen LogP contribution is -2.37. The van der Waals surface area contributed by atoms with E-state index in [1.807, 2.05) is 0 Å². The van der Waals surface area contributed by atoms with Gasteiger partial charge in [-0.25, -0.2) is 19.2 Å². The van der Waals surface area contributed by atoms with Gasteiger partial charge in [0.05, 0.1) is 12.1 Å². The molecule has 32 heavy (non-hydrogen) atoms. The van der Waals surface area contributed by atoms with E-state index < -0.39 is 36.7 Å².